The van der Waals surface area contributed by atoms with Gasteiger partial charge in [0.05, 0.1) is 19.7 Å². The second-order valence-electron chi connectivity index (χ2n) is 5.92. The van der Waals surface area contributed by atoms with Gasteiger partial charge in [0.1, 0.15) is 6.10 Å². The smallest absolute Gasteiger partial charge is 0.251 e. The van der Waals surface area contributed by atoms with Gasteiger partial charge in [0.2, 0.25) is 5.91 Å². The van der Waals surface area contributed by atoms with Crippen LogP contribution in [-0.4, -0.2) is 43.0 Å². The summed E-state index contributed by atoms with van der Waals surface area (Å²) in [7, 11) is 0. The Balaban J connectivity index is 1.56. The molecule has 1 aliphatic heterocycles. The van der Waals surface area contributed by atoms with Gasteiger partial charge >= 0.3 is 0 Å². The number of ether oxygens (including phenoxy) is 1. The second kappa shape index (κ2) is 8.05. The van der Waals surface area contributed by atoms with Crippen molar-refractivity contribution in [1.29, 1.82) is 0 Å². The number of carbonyl (C=O) groups is 2. The predicted octanol–water partition coefficient (Wildman–Crippen LogP) is 2.29. The van der Waals surface area contributed by atoms with Gasteiger partial charge in [0.25, 0.3) is 5.91 Å². The molecule has 0 radical (unpaired) electrons. The van der Waals surface area contributed by atoms with Crippen LogP contribution in [-0.2, 0) is 9.53 Å². The predicted molar refractivity (Wildman–Crippen MR) is 90.4 cm³/mol. The van der Waals surface area contributed by atoms with Crippen molar-refractivity contribution in [3.63, 3.8) is 0 Å². The molecule has 2 aromatic carbocycles. The molecule has 0 aliphatic carbocycles. The first-order valence-electron chi connectivity index (χ1n) is 8.22. The molecule has 0 spiro atoms. The van der Waals surface area contributed by atoms with E-state index in [-0.39, 0.29) is 24.1 Å². The summed E-state index contributed by atoms with van der Waals surface area (Å²) in [5.74, 6) is -3.03. The molecule has 2 aromatic rings. The molecule has 1 atom stereocenters. The van der Waals surface area contributed by atoms with Crippen LogP contribution in [0.3, 0.4) is 0 Å². The van der Waals surface area contributed by atoms with E-state index in [9.17, 15) is 18.4 Å². The van der Waals surface area contributed by atoms with Crippen molar-refractivity contribution in [3.8, 4) is 0 Å². The number of amides is 2. The van der Waals surface area contributed by atoms with Gasteiger partial charge in [-0.15, -0.1) is 0 Å². The lowest BCUT2D eigenvalue weighted by Crippen LogP contribution is -2.46. The topological polar surface area (TPSA) is 58.6 Å². The summed E-state index contributed by atoms with van der Waals surface area (Å²) in [5.41, 5.74) is 0.941. The van der Waals surface area contributed by atoms with E-state index in [1.807, 2.05) is 30.3 Å². The number of hydrogen-bond acceptors (Lipinski definition) is 3. The minimum Gasteiger partial charge on any atom is -0.370 e. The van der Waals surface area contributed by atoms with E-state index in [0.29, 0.717) is 19.7 Å². The lowest BCUT2D eigenvalue weighted by molar-refractivity contribution is -0.137. The quantitative estimate of drug-likeness (QED) is 0.910. The van der Waals surface area contributed by atoms with Gasteiger partial charge in [-0.2, -0.15) is 0 Å². The zero-order valence-corrected chi connectivity index (χ0v) is 14.0. The number of rotatable bonds is 4. The average Bonchev–Trinajstić information content (AvgIpc) is 2.68. The zero-order valence-electron chi connectivity index (χ0n) is 14.0. The molecule has 7 heteroatoms. The van der Waals surface area contributed by atoms with Crippen molar-refractivity contribution in [2.24, 2.45) is 0 Å². The van der Waals surface area contributed by atoms with E-state index in [1.165, 1.54) is 6.07 Å². The third-order valence-electron chi connectivity index (χ3n) is 4.17. The molecule has 1 N–H and O–H groups in total. The molecular weight excluding hydrogens is 342 g/mol. The first-order chi connectivity index (χ1) is 12.5. The van der Waals surface area contributed by atoms with Crippen LogP contribution in [0.1, 0.15) is 22.0 Å². The molecular formula is C19H18F2N2O3. The highest BCUT2D eigenvalue weighted by Gasteiger charge is 2.25. The van der Waals surface area contributed by atoms with Crippen molar-refractivity contribution in [1.82, 2.24) is 10.2 Å². The molecule has 2 amide bonds. The zero-order chi connectivity index (χ0) is 18.5. The Morgan fingerprint density at radius 1 is 1.12 bits per heavy atom. The summed E-state index contributed by atoms with van der Waals surface area (Å²) in [4.78, 5) is 26.0. The van der Waals surface area contributed by atoms with E-state index in [2.05, 4.69) is 5.32 Å². The Morgan fingerprint density at radius 3 is 2.62 bits per heavy atom. The molecule has 0 saturated carbocycles. The molecule has 1 fully saturated rings. The number of nitrogens with zero attached hydrogens (tertiary/aromatic N) is 1. The number of halogens is 2. The molecule has 0 aromatic heterocycles. The molecule has 1 heterocycles. The lowest BCUT2D eigenvalue weighted by Gasteiger charge is -2.33. The number of benzene rings is 2. The van der Waals surface area contributed by atoms with Crippen LogP contribution < -0.4 is 5.32 Å². The van der Waals surface area contributed by atoms with E-state index in [4.69, 9.17) is 4.74 Å². The molecule has 5 nitrogen and oxygen atoms in total. The maximum atomic E-state index is 13.2. The molecule has 3 rings (SSSR count). The second-order valence-corrected chi connectivity index (χ2v) is 5.92. The van der Waals surface area contributed by atoms with E-state index >= 15 is 0 Å². The Hall–Kier alpha value is -2.80. The SMILES string of the molecule is O=C(NCC(=O)N1CCOC(c2ccccc2)C1)c1ccc(F)c(F)c1. The van der Waals surface area contributed by atoms with Gasteiger partial charge in [0, 0.05) is 12.1 Å². The number of carbonyl (C=O) groups excluding carboxylic acids is 2. The molecule has 1 saturated heterocycles. The van der Waals surface area contributed by atoms with Crippen molar-refractivity contribution >= 4 is 11.8 Å². The van der Waals surface area contributed by atoms with Gasteiger partial charge in [-0.3, -0.25) is 9.59 Å². The van der Waals surface area contributed by atoms with Crippen LogP contribution in [0, 0.1) is 11.6 Å². The normalized spacial score (nSPS) is 17.0. The van der Waals surface area contributed by atoms with Crippen LogP contribution in [0.25, 0.3) is 0 Å². The maximum Gasteiger partial charge on any atom is 0.251 e. The minimum absolute atomic E-state index is 0.0409. The van der Waals surface area contributed by atoms with Crippen molar-refractivity contribution in [2.45, 2.75) is 6.10 Å². The highest BCUT2D eigenvalue weighted by atomic mass is 19.2. The van der Waals surface area contributed by atoms with Crippen molar-refractivity contribution < 1.29 is 23.1 Å². The van der Waals surface area contributed by atoms with Gasteiger partial charge in [-0.25, -0.2) is 8.78 Å². The third-order valence-corrected chi connectivity index (χ3v) is 4.17. The molecule has 1 aliphatic rings. The Bertz CT molecular complexity index is 799. The molecule has 136 valence electrons. The lowest BCUT2D eigenvalue weighted by atomic mass is 10.1. The Kier molecular flexibility index (Phi) is 5.58. The standard InChI is InChI=1S/C19H18F2N2O3/c20-15-7-6-14(10-16(15)21)19(25)22-11-18(24)23-8-9-26-17(12-23)13-4-2-1-3-5-13/h1-7,10,17H,8-9,11-12H2,(H,22,25). The first-order valence-corrected chi connectivity index (χ1v) is 8.22. The van der Waals surface area contributed by atoms with E-state index < -0.39 is 17.5 Å². The van der Waals surface area contributed by atoms with Crippen LogP contribution in [0.4, 0.5) is 8.78 Å². The molecule has 1 unspecified atom stereocenters. The van der Waals surface area contributed by atoms with Gasteiger partial charge in [0.15, 0.2) is 11.6 Å². The maximum absolute atomic E-state index is 13.2. The average molecular weight is 360 g/mol. The van der Waals surface area contributed by atoms with Crippen molar-refractivity contribution in [3.05, 3.63) is 71.3 Å². The fraction of sp³-hybridized carbons (Fsp3) is 0.263. The van der Waals surface area contributed by atoms with Crippen LogP contribution in [0.2, 0.25) is 0 Å². The van der Waals surface area contributed by atoms with Crippen molar-refractivity contribution in [2.75, 3.05) is 26.2 Å². The molecule has 0 bridgehead atoms. The van der Waals surface area contributed by atoms with Crippen LogP contribution in [0.5, 0.6) is 0 Å². The number of morpholine rings is 1. The highest BCUT2D eigenvalue weighted by Crippen LogP contribution is 2.21. The van der Waals surface area contributed by atoms with Gasteiger partial charge in [-0.1, -0.05) is 30.3 Å². The number of nitrogens with one attached hydrogen (secondary N) is 1. The third kappa shape index (κ3) is 4.23. The van der Waals surface area contributed by atoms with Crippen LogP contribution >= 0.6 is 0 Å². The van der Waals surface area contributed by atoms with Gasteiger partial charge in [-0.05, 0) is 23.8 Å². The summed E-state index contributed by atoms with van der Waals surface area (Å²) < 4.78 is 31.8. The summed E-state index contributed by atoms with van der Waals surface area (Å²) in [6.45, 7) is 1.01. The summed E-state index contributed by atoms with van der Waals surface area (Å²) >= 11 is 0. The van der Waals surface area contributed by atoms with Crippen LogP contribution in [0.15, 0.2) is 48.5 Å². The monoisotopic (exact) mass is 360 g/mol. The highest BCUT2D eigenvalue weighted by molar-refractivity contribution is 5.96. The van der Waals surface area contributed by atoms with Gasteiger partial charge < -0.3 is 15.0 Å². The largest absolute Gasteiger partial charge is 0.370 e. The molecule has 26 heavy (non-hydrogen) atoms. The minimum atomic E-state index is -1.11. The number of hydrogen-bond donors (Lipinski definition) is 1. The van der Waals surface area contributed by atoms with E-state index in [1.54, 1.807) is 4.90 Å². The Morgan fingerprint density at radius 2 is 1.88 bits per heavy atom. The Labute approximate surface area is 149 Å². The first kappa shape index (κ1) is 18.0. The summed E-state index contributed by atoms with van der Waals surface area (Å²) in [6.07, 6.45) is -0.212. The summed E-state index contributed by atoms with van der Waals surface area (Å²) in [6, 6.07) is 12.4. The van der Waals surface area contributed by atoms with E-state index in [0.717, 1.165) is 17.7 Å². The fourth-order valence-corrected chi connectivity index (χ4v) is 2.75. The summed E-state index contributed by atoms with van der Waals surface area (Å²) in [5, 5.41) is 2.44. The fourth-order valence-electron chi connectivity index (χ4n) is 2.75.